The zero-order valence-corrected chi connectivity index (χ0v) is 9.39. The first-order valence-electron chi connectivity index (χ1n) is 6.08. The van der Waals surface area contributed by atoms with Crippen LogP contribution in [0.25, 0.3) is 5.52 Å². The highest BCUT2D eigenvalue weighted by atomic mass is 15.1. The molecule has 0 aliphatic heterocycles. The highest BCUT2D eigenvalue weighted by Crippen LogP contribution is 2.32. The molecule has 3 nitrogen and oxygen atoms in total. The predicted octanol–water partition coefficient (Wildman–Crippen LogP) is 2.96. The van der Waals surface area contributed by atoms with Crippen molar-refractivity contribution < 1.29 is 0 Å². The number of anilines is 1. The smallest absolute Gasteiger partial charge is 0.117 e. The van der Waals surface area contributed by atoms with Crippen molar-refractivity contribution in [3.63, 3.8) is 0 Å². The van der Waals surface area contributed by atoms with E-state index in [9.17, 15) is 0 Å². The van der Waals surface area contributed by atoms with E-state index in [-0.39, 0.29) is 0 Å². The largest absolute Gasteiger partial charge is 0.385 e. The molecule has 0 unspecified atom stereocenters. The summed E-state index contributed by atoms with van der Waals surface area (Å²) < 4.78 is 2.11. The fraction of sp³-hybridized carbons (Fsp3) is 0.462. The van der Waals surface area contributed by atoms with E-state index in [2.05, 4.69) is 15.5 Å². The van der Waals surface area contributed by atoms with Crippen molar-refractivity contribution in [3.05, 3.63) is 30.2 Å². The maximum atomic E-state index is 6.03. The monoisotopic (exact) mass is 215 g/mol. The van der Waals surface area contributed by atoms with Crippen LogP contribution in [-0.2, 0) is 0 Å². The van der Waals surface area contributed by atoms with Crippen LogP contribution in [0.15, 0.2) is 24.4 Å². The Labute approximate surface area is 95.3 Å². The molecule has 2 aromatic heterocycles. The summed E-state index contributed by atoms with van der Waals surface area (Å²) in [6.07, 6.45) is 8.47. The van der Waals surface area contributed by atoms with E-state index < -0.39 is 0 Å². The van der Waals surface area contributed by atoms with Gasteiger partial charge in [0.05, 0.1) is 11.7 Å². The molecule has 1 aliphatic rings. The Kier molecular flexibility index (Phi) is 2.31. The summed E-state index contributed by atoms with van der Waals surface area (Å²) in [7, 11) is 0. The number of imidazole rings is 1. The van der Waals surface area contributed by atoms with Crippen LogP contribution in [0.4, 0.5) is 5.82 Å². The third-order valence-electron chi connectivity index (χ3n) is 3.58. The Bertz CT molecular complexity index is 495. The van der Waals surface area contributed by atoms with Crippen molar-refractivity contribution in [2.75, 3.05) is 5.73 Å². The molecule has 3 rings (SSSR count). The van der Waals surface area contributed by atoms with Gasteiger partial charge in [0.15, 0.2) is 0 Å². The van der Waals surface area contributed by atoms with E-state index in [1.165, 1.54) is 32.1 Å². The second-order valence-electron chi connectivity index (χ2n) is 4.66. The summed E-state index contributed by atoms with van der Waals surface area (Å²) >= 11 is 0. The van der Waals surface area contributed by atoms with Gasteiger partial charge in [-0.1, -0.05) is 25.3 Å². The number of nitrogens with zero attached hydrogens (tertiary/aromatic N) is 2. The Morgan fingerprint density at radius 3 is 2.81 bits per heavy atom. The van der Waals surface area contributed by atoms with Crippen molar-refractivity contribution in [1.82, 2.24) is 9.38 Å². The quantitative estimate of drug-likeness (QED) is 0.794. The third kappa shape index (κ3) is 1.47. The fourth-order valence-electron chi connectivity index (χ4n) is 2.75. The minimum absolute atomic E-state index is 0.598. The Morgan fingerprint density at radius 1 is 1.19 bits per heavy atom. The average molecular weight is 215 g/mol. The topological polar surface area (TPSA) is 43.3 Å². The number of aromatic nitrogens is 2. The molecular weight excluding hydrogens is 198 g/mol. The van der Waals surface area contributed by atoms with Gasteiger partial charge in [-0.2, -0.15) is 0 Å². The van der Waals surface area contributed by atoms with Crippen LogP contribution in [0.1, 0.15) is 43.8 Å². The van der Waals surface area contributed by atoms with Gasteiger partial charge in [-0.25, -0.2) is 4.98 Å². The zero-order valence-electron chi connectivity index (χ0n) is 9.39. The first kappa shape index (κ1) is 9.70. The van der Waals surface area contributed by atoms with Crippen molar-refractivity contribution >= 4 is 11.3 Å². The van der Waals surface area contributed by atoms with Crippen molar-refractivity contribution in [1.29, 1.82) is 0 Å². The molecule has 16 heavy (non-hydrogen) atoms. The van der Waals surface area contributed by atoms with E-state index >= 15 is 0 Å². The maximum Gasteiger partial charge on any atom is 0.117 e. The van der Waals surface area contributed by atoms with Gasteiger partial charge in [-0.15, -0.1) is 0 Å². The van der Waals surface area contributed by atoms with Crippen LogP contribution in [0.5, 0.6) is 0 Å². The van der Waals surface area contributed by atoms with Crippen molar-refractivity contribution in [2.24, 2.45) is 0 Å². The van der Waals surface area contributed by atoms with Gasteiger partial charge in [-0.3, -0.25) is 4.40 Å². The van der Waals surface area contributed by atoms with Crippen LogP contribution in [0.3, 0.4) is 0 Å². The number of rotatable bonds is 1. The molecule has 3 heteroatoms. The van der Waals surface area contributed by atoms with Crippen LogP contribution in [-0.4, -0.2) is 9.38 Å². The molecule has 0 radical (unpaired) electrons. The molecule has 2 heterocycles. The Balaban J connectivity index is 2.09. The van der Waals surface area contributed by atoms with Crippen LogP contribution < -0.4 is 5.73 Å². The summed E-state index contributed by atoms with van der Waals surface area (Å²) in [6, 6.07) is 5.99. The van der Waals surface area contributed by atoms with E-state index in [4.69, 9.17) is 5.73 Å². The second kappa shape index (κ2) is 3.81. The highest BCUT2D eigenvalue weighted by molar-refractivity contribution is 5.53. The number of nitrogens with two attached hydrogens (primary N) is 1. The molecule has 0 atom stereocenters. The van der Waals surface area contributed by atoms with E-state index in [1.54, 1.807) is 0 Å². The lowest BCUT2D eigenvalue weighted by atomic mass is 9.89. The summed E-state index contributed by atoms with van der Waals surface area (Å²) in [5.41, 5.74) is 7.14. The lowest BCUT2D eigenvalue weighted by molar-refractivity contribution is 0.428. The fourth-order valence-corrected chi connectivity index (χ4v) is 2.75. The normalized spacial score (nSPS) is 18.0. The molecule has 1 aliphatic carbocycles. The van der Waals surface area contributed by atoms with Gasteiger partial charge in [0, 0.05) is 5.92 Å². The van der Waals surface area contributed by atoms with Crippen molar-refractivity contribution in [2.45, 2.75) is 38.0 Å². The number of hydrogen-bond acceptors (Lipinski definition) is 2. The highest BCUT2D eigenvalue weighted by Gasteiger charge is 2.20. The second-order valence-corrected chi connectivity index (χ2v) is 4.66. The minimum atomic E-state index is 0.598. The lowest BCUT2D eigenvalue weighted by Crippen LogP contribution is -2.10. The van der Waals surface area contributed by atoms with E-state index in [1.807, 2.05) is 18.3 Å². The summed E-state index contributed by atoms with van der Waals surface area (Å²) in [6.45, 7) is 0. The third-order valence-corrected chi connectivity index (χ3v) is 3.58. The first-order valence-corrected chi connectivity index (χ1v) is 6.08. The van der Waals surface area contributed by atoms with E-state index in [0.29, 0.717) is 5.92 Å². The molecule has 2 N–H and O–H groups in total. The van der Waals surface area contributed by atoms with Gasteiger partial charge in [0.2, 0.25) is 0 Å². The van der Waals surface area contributed by atoms with Gasteiger partial charge in [0.25, 0.3) is 0 Å². The summed E-state index contributed by atoms with van der Waals surface area (Å²) in [5, 5.41) is 0. The average Bonchev–Trinajstić information content (AvgIpc) is 2.75. The van der Waals surface area contributed by atoms with Gasteiger partial charge < -0.3 is 5.73 Å². The zero-order chi connectivity index (χ0) is 11.0. The van der Waals surface area contributed by atoms with Crippen LogP contribution in [0.2, 0.25) is 0 Å². The molecule has 1 fully saturated rings. The van der Waals surface area contributed by atoms with Crippen LogP contribution >= 0.6 is 0 Å². The number of nitrogen functional groups attached to an aromatic ring is 1. The molecule has 0 bridgehead atoms. The first-order chi connectivity index (χ1) is 7.86. The van der Waals surface area contributed by atoms with E-state index in [0.717, 1.165) is 17.2 Å². The molecule has 2 aromatic rings. The SMILES string of the molecule is Nc1cccc2cnc(C3CCCCC3)n12. The van der Waals surface area contributed by atoms with Crippen molar-refractivity contribution in [3.8, 4) is 0 Å². The lowest BCUT2D eigenvalue weighted by Gasteiger charge is -2.20. The molecule has 0 saturated heterocycles. The molecule has 84 valence electrons. The van der Waals surface area contributed by atoms with Crippen LogP contribution in [0, 0.1) is 0 Å². The Hall–Kier alpha value is -1.51. The number of pyridine rings is 1. The molecular formula is C13H17N3. The Morgan fingerprint density at radius 2 is 2.00 bits per heavy atom. The molecule has 1 saturated carbocycles. The van der Waals surface area contributed by atoms with Gasteiger partial charge >= 0.3 is 0 Å². The number of hydrogen-bond donors (Lipinski definition) is 1. The molecule has 0 spiro atoms. The standard InChI is InChI=1S/C13H17N3/c14-12-8-4-7-11-9-15-13(16(11)12)10-5-2-1-3-6-10/h4,7-10H,1-3,5-6,14H2. The predicted molar refractivity (Wildman–Crippen MR) is 65.4 cm³/mol. The van der Waals surface area contributed by atoms with Gasteiger partial charge in [-0.05, 0) is 25.0 Å². The minimum Gasteiger partial charge on any atom is -0.385 e. The summed E-state index contributed by atoms with van der Waals surface area (Å²) in [5.74, 6) is 2.56. The maximum absolute atomic E-state index is 6.03. The summed E-state index contributed by atoms with van der Waals surface area (Å²) in [4.78, 5) is 4.56. The number of fused-ring (bicyclic) bond motifs is 1. The molecule has 0 amide bonds. The molecule has 0 aromatic carbocycles. The van der Waals surface area contributed by atoms with Gasteiger partial charge in [0.1, 0.15) is 11.6 Å².